The SMILES string of the molecule is C1=CCCC(c2ccc(N3c4ccccc4-c4ccccc4-c4ccccc43)cc2)=C1. The van der Waals surface area contributed by atoms with Crippen molar-refractivity contribution in [2.24, 2.45) is 0 Å². The van der Waals surface area contributed by atoms with Crippen LogP contribution in [0.4, 0.5) is 17.1 Å². The van der Waals surface area contributed by atoms with E-state index >= 15 is 0 Å². The van der Waals surface area contributed by atoms with E-state index in [0.717, 1.165) is 12.8 Å². The molecule has 1 aliphatic carbocycles. The minimum absolute atomic E-state index is 1.11. The first-order chi connectivity index (χ1) is 15.4. The van der Waals surface area contributed by atoms with Gasteiger partial charge in [-0.05, 0) is 59.4 Å². The summed E-state index contributed by atoms with van der Waals surface area (Å²) in [6.45, 7) is 0. The molecule has 1 heterocycles. The van der Waals surface area contributed by atoms with Crippen LogP contribution in [-0.2, 0) is 0 Å². The van der Waals surface area contributed by atoms with E-state index in [9.17, 15) is 0 Å². The Hall–Kier alpha value is -3.84. The monoisotopic (exact) mass is 397 g/mol. The first kappa shape index (κ1) is 18.0. The lowest BCUT2D eigenvalue weighted by Gasteiger charge is -2.27. The van der Waals surface area contributed by atoms with E-state index in [1.165, 1.54) is 50.5 Å². The van der Waals surface area contributed by atoms with Crippen LogP contribution in [0.1, 0.15) is 18.4 Å². The second-order valence-corrected chi connectivity index (χ2v) is 8.12. The molecule has 0 radical (unpaired) electrons. The highest BCUT2D eigenvalue weighted by Crippen LogP contribution is 2.50. The molecular formula is C30H23N. The first-order valence-electron chi connectivity index (χ1n) is 10.9. The van der Waals surface area contributed by atoms with Crippen molar-refractivity contribution in [2.45, 2.75) is 12.8 Å². The number of nitrogens with zero attached hydrogens (tertiary/aromatic N) is 1. The number of fused-ring (bicyclic) bond motifs is 5. The largest absolute Gasteiger partial charge is 0.309 e. The van der Waals surface area contributed by atoms with Crippen molar-refractivity contribution in [3.8, 4) is 22.3 Å². The van der Waals surface area contributed by atoms with Crippen molar-refractivity contribution in [1.82, 2.24) is 0 Å². The smallest absolute Gasteiger partial charge is 0.0540 e. The molecule has 6 rings (SSSR count). The lowest BCUT2D eigenvalue weighted by molar-refractivity contribution is 1.05. The van der Waals surface area contributed by atoms with E-state index in [0.29, 0.717) is 0 Å². The van der Waals surface area contributed by atoms with E-state index < -0.39 is 0 Å². The number of hydrogen-bond acceptors (Lipinski definition) is 1. The average molecular weight is 398 g/mol. The lowest BCUT2D eigenvalue weighted by Crippen LogP contribution is -2.10. The molecule has 0 N–H and O–H groups in total. The van der Waals surface area contributed by atoms with Gasteiger partial charge in [-0.2, -0.15) is 0 Å². The minimum atomic E-state index is 1.11. The van der Waals surface area contributed by atoms with Crippen LogP contribution >= 0.6 is 0 Å². The fourth-order valence-corrected chi connectivity index (χ4v) is 4.82. The highest BCUT2D eigenvalue weighted by atomic mass is 15.1. The van der Waals surface area contributed by atoms with Crippen molar-refractivity contribution in [2.75, 3.05) is 4.90 Å². The molecular weight excluding hydrogens is 374 g/mol. The summed E-state index contributed by atoms with van der Waals surface area (Å²) >= 11 is 0. The van der Waals surface area contributed by atoms with Gasteiger partial charge in [-0.15, -0.1) is 0 Å². The Bertz CT molecular complexity index is 1260. The Morgan fingerprint density at radius 3 is 1.65 bits per heavy atom. The molecule has 2 aliphatic rings. The highest BCUT2D eigenvalue weighted by molar-refractivity contribution is 6.02. The Balaban J connectivity index is 1.56. The quantitative estimate of drug-likeness (QED) is 0.288. The Labute approximate surface area is 183 Å². The van der Waals surface area contributed by atoms with Gasteiger partial charge in [0.15, 0.2) is 0 Å². The Kier molecular flexibility index (Phi) is 4.32. The summed E-state index contributed by atoms with van der Waals surface area (Å²) in [7, 11) is 0. The van der Waals surface area contributed by atoms with Gasteiger partial charge in [-0.3, -0.25) is 0 Å². The average Bonchev–Trinajstić information content (AvgIpc) is 2.98. The Morgan fingerprint density at radius 2 is 1.10 bits per heavy atom. The van der Waals surface area contributed by atoms with Crippen LogP contribution in [0.2, 0.25) is 0 Å². The molecule has 0 spiro atoms. The molecule has 0 saturated heterocycles. The van der Waals surface area contributed by atoms with Crippen LogP contribution in [0.3, 0.4) is 0 Å². The van der Waals surface area contributed by atoms with E-state index in [4.69, 9.17) is 0 Å². The zero-order chi connectivity index (χ0) is 20.6. The van der Waals surface area contributed by atoms with Gasteiger partial charge in [0.2, 0.25) is 0 Å². The van der Waals surface area contributed by atoms with Gasteiger partial charge >= 0.3 is 0 Å². The molecule has 148 valence electrons. The molecule has 0 fully saturated rings. The summed E-state index contributed by atoms with van der Waals surface area (Å²) in [5, 5.41) is 0. The summed E-state index contributed by atoms with van der Waals surface area (Å²) in [6, 6.07) is 35.3. The lowest BCUT2D eigenvalue weighted by atomic mass is 9.95. The molecule has 1 heteroatoms. The second-order valence-electron chi connectivity index (χ2n) is 8.12. The van der Waals surface area contributed by atoms with E-state index in [2.05, 4.69) is 120 Å². The van der Waals surface area contributed by atoms with E-state index in [1.807, 2.05) is 0 Å². The van der Waals surface area contributed by atoms with Crippen LogP contribution in [-0.4, -0.2) is 0 Å². The molecule has 0 saturated carbocycles. The van der Waals surface area contributed by atoms with Crippen LogP contribution in [0.15, 0.2) is 115 Å². The summed E-state index contributed by atoms with van der Waals surface area (Å²) in [6.07, 6.45) is 8.89. The van der Waals surface area contributed by atoms with Crippen molar-refractivity contribution in [3.63, 3.8) is 0 Å². The summed E-state index contributed by atoms with van der Waals surface area (Å²) in [5.74, 6) is 0. The zero-order valence-corrected chi connectivity index (χ0v) is 17.3. The van der Waals surface area contributed by atoms with Gasteiger partial charge in [0.1, 0.15) is 0 Å². The van der Waals surface area contributed by atoms with Crippen LogP contribution in [0.25, 0.3) is 27.8 Å². The zero-order valence-electron chi connectivity index (χ0n) is 17.3. The van der Waals surface area contributed by atoms with Gasteiger partial charge in [0.25, 0.3) is 0 Å². The maximum atomic E-state index is 2.41. The highest BCUT2D eigenvalue weighted by Gasteiger charge is 2.25. The Morgan fingerprint density at radius 1 is 0.548 bits per heavy atom. The minimum Gasteiger partial charge on any atom is -0.309 e. The van der Waals surface area contributed by atoms with E-state index in [-0.39, 0.29) is 0 Å². The fourth-order valence-electron chi connectivity index (χ4n) is 4.82. The molecule has 4 aromatic carbocycles. The standard InChI is InChI=1S/C30H23N/c1-2-10-22(11-3-1)23-18-20-24(21-19-23)31-29-16-8-6-14-27(29)25-12-4-5-13-26(25)28-15-7-9-17-30(28)31/h1-2,4-10,12-21H,3,11H2. The van der Waals surface area contributed by atoms with Crippen molar-refractivity contribution in [1.29, 1.82) is 0 Å². The molecule has 0 aromatic heterocycles. The predicted octanol–water partition coefficient (Wildman–Crippen LogP) is 8.54. The number of benzene rings is 4. The molecule has 1 nitrogen and oxygen atoms in total. The third-order valence-electron chi connectivity index (χ3n) is 6.31. The van der Waals surface area contributed by atoms with Gasteiger partial charge in [0, 0.05) is 16.8 Å². The fraction of sp³-hybridized carbons (Fsp3) is 0.0667. The number of anilines is 3. The molecule has 4 aromatic rings. The number of para-hydroxylation sites is 2. The van der Waals surface area contributed by atoms with Crippen molar-refractivity contribution >= 4 is 22.6 Å². The van der Waals surface area contributed by atoms with E-state index in [1.54, 1.807) is 0 Å². The van der Waals surface area contributed by atoms with Gasteiger partial charge in [-0.25, -0.2) is 0 Å². The summed E-state index contributed by atoms with van der Waals surface area (Å²) in [4.78, 5) is 2.41. The molecule has 0 bridgehead atoms. The summed E-state index contributed by atoms with van der Waals surface area (Å²) < 4.78 is 0. The molecule has 0 amide bonds. The van der Waals surface area contributed by atoms with Crippen LogP contribution in [0, 0.1) is 0 Å². The summed E-state index contributed by atoms with van der Waals surface area (Å²) in [5.41, 5.74) is 11.4. The molecule has 0 unspecified atom stereocenters. The third kappa shape index (κ3) is 3.02. The van der Waals surface area contributed by atoms with Crippen molar-refractivity contribution < 1.29 is 0 Å². The maximum Gasteiger partial charge on any atom is 0.0540 e. The van der Waals surface area contributed by atoms with Crippen molar-refractivity contribution in [3.05, 3.63) is 121 Å². The second kappa shape index (κ2) is 7.45. The third-order valence-corrected chi connectivity index (χ3v) is 6.31. The first-order valence-corrected chi connectivity index (χ1v) is 10.9. The normalized spacial score (nSPS) is 14.2. The number of rotatable bonds is 2. The molecule has 31 heavy (non-hydrogen) atoms. The molecule has 0 atom stereocenters. The van der Waals surface area contributed by atoms with Gasteiger partial charge < -0.3 is 4.90 Å². The maximum absolute atomic E-state index is 2.41. The topological polar surface area (TPSA) is 3.24 Å². The van der Waals surface area contributed by atoms with Gasteiger partial charge in [0.05, 0.1) is 11.4 Å². The van der Waals surface area contributed by atoms with Crippen LogP contribution in [0.5, 0.6) is 0 Å². The molecule has 1 aliphatic heterocycles. The number of allylic oxidation sites excluding steroid dienone is 4. The predicted molar refractivity (Wildman–Crippen MR) is 132 cm³/mol. The van der Waals surface area contributed by atoms with Gasteiger partial charge in [-0.1, -0.05) is 91.0 Å². The number of hydrogen-bond donors (Lipinski definition) is 0. The van der Waals surface area contributed by atoms with Crippen LogP contribution < -0.4 is 4.90 Å².